The van der Waals surface area contributed by atoms with E-state index >= 15 is 0 Å². The minimum Gasteiger partial charge on any atom is -0.380 e. The molecule has 1 aliphatic heterocycles. The molecule has 0 spiro atoms. The summed E-state index contributed by atoms with van der Waals surface area (Å²) in [5.41, 5.74) is 3.87. The van der Waals surface area contributed by atoms with Gasteiger partial charge in [0.05, 0.1) is 18.8 Å². The van der Waals surface area contributed by atoms with E-state index in [1.54, 1.807) is 0 Å². The number of pyridine rings is 1. The van der Waals surface area contributed by atoms with Gasteiger partial charge in [0, 0.05) is 38.5 Å². The Kier molecular flexibility index (Phi) is 6.86. The van der Waals surface area contributed by atoms with Gasteiger partial charge in [0.1, 0.15) is 16.9 Å². The fourth-order valence-electron chi connectivity index (χ4n) is 3.95. The molecule has 9 nitrogen and oxygen atoms in total. The largest absolute Gasteiger partial charge is 0.380 e. The minimum absolute atomic E-state index is 0.237. The molecule has 1 fully saturated rings. The molecule has 0 bridgehead atoms. The summed E-state index contributed by atoms with van der Waals surface area (Å²) in [6.45, 7) is 15.1. The van der Waals surface area contributed by atoms with Crippen molar-refractivity contribution in [3.8, 4) is 0 Å². The number of hydrogen-bond acceptors (Lipinski definition) is 8. The number of fused-ring (bicyclic) bond motifs is 1. The highest BCUT2D eigenvalue weighted by Crippen LogP contribution is 2.31. The molecule has 0 unspecified atom stereocenters. The number of nitrogens with one attached hydrogen (secondary N) is 2. The Morgan fingerprint density at radius 2 is 2.12 bits per heavy atom. The number of aromatic nitrogens is 5. The predicted octanol–water partition coefficient (Wildman–Crippen LogP) is 3.23. The zero-order valence-corrected chi connectivity index (χ0v) is 19.7. The molecule has 1 aliphatic rings. The van der Waals surface area contributed by atoms with Gasteiger partial charge in [0.25, 0.3) is 0 Å². The number of hydrogen-bond donors (Lipinski definition) is 2. The number of aryl methyl sites for hydroxylation is 1. The van der Waals surface area contributed by atoms with E-state index in [0.717, 1.165) is 59.5 Å². The van der Waals surface area contributed by atoms with Crippen LogP contribution in [0.3, 0.4) is 0 Å². The zero-order valence-electron chi connectivity index (χ0n) is 19.7. The van der Waals surface area contributed by atoms with Gasteiger partial charge in [-0.05, 0) is 38.3 Å². The van der Waals surface area contributed by atoms with Crippen LogP contribution in [0.5, 0.6) is 0 Å². The van der Waals surface area contributed by atoms with Gasteiger partial charge in [-0.15, -0.1) is 0 Å². The fraction of sp³-hybridized carbons (Fsp3) is 0.565. The van der Waals surface area contributed by atoms with Crippen LogP contribution in [0.2, 0.25) is 0 Å². The van der Waals surface area contributed by atoms with Gasteiger partial charge in [-0.1, -0.05) is 19.9 Å². The number of nitrogens with zero attached hydrogens (tertiary/aromatic N) is 6. The normalized spacial score (nSPS) is 16.8. The molecular weight excluding hydrogens is 404 g/mol. The van der Waals surface area contributed by atoms with Crippen molar-refractivity contribution in [1.29, 1.82) is 0 Å². The monoisotopic (exact) mass is 438 g/mol. The second-order valence-electron chi connectivity index (χ2n) is 8.68. The van der Waals surface area contributed by atoms with Crippen molar-refractivity contribution in [2.75, 3.05) is 43.1 Å². The average molecular weight is 439 g/mol. The number of piperazine rings is 1. The Morgan fingerprint density at radius 1 is 1.28 bits per heavy atom. The van der Waals surface area contributed by atoms with Crippen molar-refractivity contribution >= 4 is 28.6 Å². The van der Waals surface area contributed by atoms with E-state index < -0.39 is 0 Å². The third-order valence-electron chi connectivity index (χ3n) is 5.61. The van der Waals surface area contributed by atoms with E-state index in [9.17, 15) is 0 Å². The van der Waals surface area contributed by atoms with Gasteiger partial charge in [-0.3, -0.25) is 4.68 Å². The molecule has 2 N–H and O–H groups in total. The number of rotatable bonds is 8. The van der Waals surface area contributed by atoms with Crippen LogP contribution in [0.4, 0.5) is 17.6 Å². The molecule has 1 atom stereocenters. The van der Waals surface area contributed by atoms with Crippen LogP contribution in [0.15, 0.2) is 18.3 Å². The Morgan fingerprint density at radius 3 is 2.81 bits per heavy atom. The third kappa shape index (κ3) is 4.83. The van der Waals surface area contributed by atoms with E-state index in [4.69, 9.17) is 19.8 Å². The lowest BCUT2D eigenvalue weighted by molar-refractivity contribution is 0.137. The Hall–Kier alpha value is -2.78. The smallest absolute Gasteiger partial charge is 0.228 e. The quantitative estimate of drug-likeness (QED) is 0.518. The summed E-state index contributed by atoms with van der Waals surface area (Å²) in [4.78, 5) is 16.8. The van der Waals surface area contributed by atoms with Crippen molar-refractivity contribution in [2.24, 2.45) is 0 Å². The molecule has 32 heavy (non-hydrogen) atoms. The maximum atomic E-state index is 5.61. The van der Waals surface area contributed by atoms with Crippen LogP contribution in [-0.2, 0) is 11.3 Å². The Balaban J connectivity index is 1.83. The molecule has 0 radical (unpaired) electrons. The van der Waals surface area contributed by atoms with Gasteiger partial charge in [-0.25, -0.2) is 9.97 Å². The molecule has 4 heterocycles. The van der Waals surface area contributed by atoms with E-state index in [0.29, 0.717) is 25.8 Å². The molecule has 1 saturated heterocycles. The summed E-state index contributed by atoms with van der Waals surface area (Å²) >= 11 is 0. The zero-order chi connectivity index (χ0) is 22.7. The molecule has 172 valence electrons. The first kappa shape index (κ1) is 22.4. The topological polar surface area (TPSA) is 93.0 Å². The molecule has 0 saturated carbocycles. The Labute approximate surface area is 189 Å². The van der Waals surface area contributed by atoms with Crippen molar-refractivity contribution in [2.45, 2.75) is 53.1 Å². The maximum absolute atomic E-state index is 5.61. The van der Waals surface area contributed by atoms with Gasteiger partial charge in [0.2, 0.25) is 5.95 Å². The highest BCUT2D eigenvalue weighted by Gasteiger charge is 2.24. The van der Waals surface area contributed by atoms with Gasteiger partial charge in [0.15, 0.2) is 5.82 Å². The van der Waals surface area contributed by atoms with Crippen molar-refractivity contribution in [1.82, 2.24) is 30.0 Å². The summed E-state index contributed by atoms with van der Waals surface area (Å²) in [7, 11) is 0. The van der Waals surface area contributed by atoms with Crippen LogP contribution < -0.4 is 15.5 Å². The first-order valence-corrected chi connectivity index (χ1v) is 11.5. The van der Waals surface area contributed by atoms with Crippen molar-refractivity contribution in [3.63, 3.8) is 0 Å². The molecule has 3 aromatic heterocycles. The first-order chi connectivity index (χ1) is 15.5. The second kappa shape index (κ2) is 9.79. The lowest BCUT2D eigenvalue weighted by atomic mass is 10.1. The maximum Gasteiger partial charge on any atom is 0.228 e. The third-order valence-corrected chi connectivity index (χ3v) is 5.61. The van der Waals surface area contributed by atoms with Crippen LogP contribution in [-0.4, -0.2) is 63.6 Å². The van der Waals surface area contributed by atoms with Crippen LogP contribution in [0, 0.1) is 6.92 Å². The van der Waals surface area contributed by atoms with E-state index in [2.05, 4.69) is 41.3 Å². The fourth-order valence-corrected chi connectivity index (χ4v) is 3.95. The van der Waals surface area contributed by atoms with E-state index in [1.807, 2.05) is 36.9 Å². The standard InChI is InChI=1S/C23H34N8O/c1-6-32-12-11-31-21-20(19(29-31)15(2)3)27-23(30-10-9-24-17(5)14-30)28-22(21)26-18-8-7-16(4)13-25-18/h7-8,13,15,17,24H,6,9-12,14H2,1-5H3,(H,25,26,27,28)/t17-/m0/s1. The molecule has 0 amide bonds. The Bertz CT molecular complexity index is 1050. The molecule has 0 aromatic carbocycles. The summed E-state index contributed by atoms with van der Waals surface area (Å²) in [5.74, 6) is 2.44. The molecular formula is C23H34N8O. The van der Waals surface area contributed by atoms with Crippen LogP contribution in [0.1, 0.15) is 44.9 Å². The number of ether oxygens (including phenoxy) is 1. The summed E-state index contributed by atoms with van der Waals surface area (Å²) < 4.78 is 7.58. The number of anilines is 3. The second-order valence-corrected chi connectivity index (χ2v) is 8.68. The van der Waals surface area contributed by atoms with E-state index in [1.165, 1.54) is 0 Å². The van der Waals surface area contributed by atoms with Crippen LogP contribution >= 0.6 is 0 Å². The summed E-state index contributed by atoms with van der Waals surface area (Å²) in [5, 5.41) is 11.9. The van der Waals surface area contributed by atoms with Gasteiger partial charge in [-0.2, -0.15) is 10.1 Å². The molecule has 0 aliphatic carbocycles. The summed E-state index contributed by atoms with van der Waals surface area (Å²) in [6.07, 6.45) is 1.85. The summed E-state index contributed by atoms with van der Waals surface area (Å²) in [6, 6.07) is 4.40. The van der Waals surface area contributed by atoms with Crippen molar-refractivity contribution in [3.05, 3.63) is 29.6 Å². The first-order valence-electron chi connectivity index (χ1n) is 11.5. The minimum atomic E-state index is 0.237. The molecule has 3 aromatic rings. The van der Waals surface area contributed by atoms with Gasteiger partial charge < -0.3 is 20.3 Å². The van der Waals surface area contributed by atoms with Gasteiger partial charge >= 0.3 is 0 Å². The lowest BCUT2D eigenvalue weighted by Crippen LogP contribution is -2.49. The van der Waals surface area contributed by atoms with E-state index in [-0.39, 0.29) is 5.92 Å². The molecule has 9 heteroatoms. The predicted molar refractivity (Wildman–Crippen MR) is 128 cm³/mol. The van der Waals surface area contributed by atoms with Crippen molar-refractivity contribution < 1.29 is 4.74 Å². The highest BCUT2D eigenvalue weighted by atomic mass is 16.5. The lowest BCUT2D eigenvalue weighted by Gasteiger charge is -2.32. The average Bonchev–Trinajstić information content (AvgIpc) is 3.15. The van der Waals surface area contributed by atoms with Crippen LogP contribution in [0.25, 0.3) is 11.0 Å². The molecule has 4 rings (SSSR count). The SMILES string of the molecule is CCOCCn1nc(C(C)C)c2nc(N3CCN[C@@H](C)C3)nc(Nc3ccc(C)cn3)c21. The highest BCUT2D eigenvalue weighted by molar-refractivity contribution is 5.90.